The van der Waals surface area contributed by atoms with Gasteiger partial charge in [-0.15, -0.1) is 11.3 Å². The van der Waals surface area contributed by atoms with Crippen molar-refractivity contribution in [2.24, 2.45) is 0 Å². The van der Waals surface area contributed by atoms with Crippen molar-refractivity contribution >= 4 is 17.6 Å². The molecule has 1 heterocycles. The summed E-state index contributed by atoms with van der Waals surface area (Å²) < 4.78 is 0. The number of hydrogen-bond donors (Lipinski definition) is 0. The van der Waals surface area contributed by atoms with Crippen molar-refractivity contribution in [3.63, 3.8) is 0 Å². The number of rotatable bonds is 5. The second-order valence-electron chi connectivity index (χ2n) is 3.16. The minimum absolute atomic E-state index is 0.443. The number of nitrogens with zero attached hydrogens (tertiary/aromatic N) is 2. The van der Waals surface area contributed by atoms with E-state index < -0.39 is 0 Å². The van der Waals surface area contributed by atoms with Crippen molar-refractivity contribution in [1.82, 2.24) is 9.88 Å². The fourth-order valence-electron chi connectivity index (χ4n) is 0.962. The molecule has 13 heavy (non-hydrogen) atoms. The monoisotopic (exact) mass is 198 g/mol. The molecule has 3 nitrogen and oxygen atoms in total. The summed E-state index contributed by atoms with van der Waals surface area (Å²) in [6, 6.07) is 0. The third kappa shape index (κ3) is 3.65. The van der Waals surface area contributed by atoms with Gasteiger partial charge in [-0.1, -0.05) is 0 Å². The van der Waals surface area contributed by atoms with E-state index in [0.717, 1.165) is 30.0 Å². The highest BCUT2D eigenvalue weighted by Gasteiger charge is 2.01. The zero-order chi connectivity index (χ0) is 9.68. The summed E-state index contributed by atoms with van der Waals surface area (Å²) in [6.07, 6.45) is 2.31. The molecule has 0 N–H and O–H groups in total. The van der Waals surface area contributed by atoms with E-state index in [1.54, 1.807) is 11.3 Å². The molecule has 1 aromatic rings. The first kappa shape index (κ1) is 10.3. The highest BCUT2D eigenvalue weighted by atomic mass is 32.1. The van der Waals surface area contributed by atoms with Crippen LogP contribution in [-0.2, 0) is 17.6 Å². The van der Waals surface area contributed by atoms with Gasteiger partial charge in [0.1, 0.15) is 6.29 Å². The molecule has 0 aliphatic heterocycles. The van der Waals surface area contributed by atoms with E-state index in [0.29, 0.717) is 6.42 Å². The Labute approximate surface area is 82.4 Å². The van der Waals surface area contributed by atoms with Gasteiger partial charge in [0.25, 0.3) is 0 Å². The molecule has 0 radical (unpaired) electrons. The molecule has 0 aromatic carbocycles. The molecule has 0 saturated heterocycles. The smallest absolute Gasteiger partial charge is 0.125 e. The molecule has 0 saturated carbocycles. The quantitative estimate of drug-likeness (QED) is 0.661. The molecule has 0 amide bonds. The second kappa shape index (κ2) is 5.09. The van der Waals surface area contributed by atoms with Crippen LogP contribution >= 0.6 is 11.3 Å². The van der Waals surface area contributed by atoms with E-state index in [2.05, 4.69) is 9.88 Å². The number of aromatic nitrogens is 1. The number of carbonyl (C=O) groups excluding carboxylic acids is 1. The van der Waals surface area contributed by atoms with Gasteiger partial charge in [-0.25, -0.2) is 4.98 Å². The maximum absolute atomic E-state index is 10.2. The molecular weight excluding hydrogens is 184 g/mol. The van der Waals surface area contributed by atoms with Crippen molar-refractivity contribution in [3.8, 4) is 0 Å². The van der Waals surface area contributed by atoms with E-state index >= 15 is 0 Å². The molecular formula is C9H14N2OS. The number of thiazole rings is 1. The number of aldehydes is 1. The van der Waals surface area contributed by atoms with E-state index in [-0.39, 0.29) is 0 Å². The normalized spacial score (nSPS) is 10.7. The summed E-state index contributed by atoms with van der Waals surface area (Å²) >= 11 is 1.63. The molecule has 0 aliphatic rings. The molecule has 0 unspecified atom stereocenters. The van der Waals surface area contributed by atoms with Crippen LogP contribution in [0.4, 0.5) is 0 Å². The van der Waals surface area contributed by atoms with Crippen molar-refractivity contribution in [2.45, 2.75) is 12.8 Å². The first-order valence-electron chi connectivity index (χ1n) is 4.24. The lowest BCUT2D eigenvalue weighted by Gasteiger charge is -2.06. The van der Waals surface area contributed by atoms with Crippen molar-refractivity contribution in [3.05, 3.63) is 16.1 Å². The summed E-state index contributed by atoms with van der Waals surface area (Å²) in [5.41, 5.74) is 0.897. The first-order chi connectivity index (χ1) is 6.22. The minimum atomic E-state index is 0.443. The number of likely N-dealkylation sites (N-methyl/N-ethyl adjacent to an activating group) is 1. The molecule has 0 spiro atoms. The van der Waals surface area contributed by atoms with Gasteiger partial charge in [0.05, 0.1) is 10.7 Å². The Hall–Kier alpha value is -0.740. The average Bonchev–Trinajstić information content (AvgIpc) is 2.50. The van der Waals surface area contributed by atoms with Gasteiger partial charge >= 0.3 is 0 Å². The Kier molecular flexibility index (Phi) is 4.05. The molecule has 0 aliphatic carbocycles. The maximum atomic E-state index is 10.2. The van der Waals surface area contributed by atoms with Crippen LogP contribution in [0.1, 0.15) is 10.7 Å². The Morgan fingerprint density at radius 2 is 2.38 bits per heavy atom. The fourth-order valence-corrected chi connectivity index (χ4v) is 1.76. The molecule has 0 atom stereocenters. The topological polar surface area (TPSA) is 33.2 Å². The van der Waals surface area contributed by atoms with E-state index in [1.807, 2.05) is 19.5 Å². The predicted octanol–water partition coefficient (Wildman–Crippen LogP) is 0.989. The first-order valence-corrected chi connectivity index (χ1v) is 5.12. The Morgan fingerprint density at radius 1 is 1.62 bits per heavy atom. The van der Waals surface area contributed by atoms with Crippen LogP contribution in [0.5, 0.6) is 0 Å². The summed E-state index contributed by atoms with van der Waals surface area (Å²) in [6.45, 7) is 1.01. The fraction of sp³-hybridized carbons (Fsp3) is 0.556. The van der Waals surface area contributed by atoms with E-state index in [1.165, 1.54) is 0 Å². The largest absolute Gasteiger partial charge is 0.309 e. The second-order valence-corrected chi connectivity index (χ2v) is 4.10. The van der Waals surface area contributed by atoms with Crippen LogP contribution in [0.3, 0.4) is 0 Å². The molecule has 0 fully saturated rings. The van der Waals surface area contributed by atoms with Crippen LogP contribution in [0, 0.1) is 0 Å². The third-order valence-electron chi connectivity index (χ3n) is 1.66. The van der Waals surface area contributed by atoms with Gasteiger partial charge in [0.15, 0.2) is 0 Å². The van der Waals surface area contributed by atoms with Crippen LogP contribution in [-0.4, -0.2) is 36.8 Å². The van der Waals surface area contributed by atoms with E-state index in [4.69, 9.17) is 0 Å². The van der Waals surface area contributed by atoms with Gasteiger partial charge in [-0.2, -0.15) is 0 Å². The van der Waals surface area contributed by atoms with Gasteiger partial charge in [-0.3, -0.25) is 0 Å². The third-order valence-corrected chi connectivity index (χ3v) is 2.62. The zero-order valence-electron chi connectivity index (χ0n) is 7.99. The lowest BCUT2D eigenvalue weighted by atomic mass is 10.4. The summed E-state index contributed by atoms with van der Waals surface area (Å²) in [7, 11) is 4.08. The molecule has 4 heteroatoms. The number of hydrogen-bond acceptors (Lipinski definition) is 4. The maximum Gasteiger partial charge on any atom is 0.125 e. The summed E-state index contributed by atoms with van der Waals surface area (Å²) in [5, 5.41) is 3.07. The average molecular weight is 198 g/mol. The lowest BCUT2D eigenvalue weighted by molar-refractivity contribution is -0.107. The van der Waals surface area contributed by atoms with Gasteiger partial charge in [0.2, 0.25) is 0 Å². The highest BCUT2D eigenvalue weighted by Crippen LogP contribution is 2.10. The standard InChI is InChI=1S/C9H14N2OS/c1-11(2)5-3-9-10-8(4-6-12)7-13-9/h6-7H,3-5H2,1-2H3. The SMILES string of the molecule is CN(C)CCc1nc(CC=O)cs1. The minimum Gasteiger partial charge on any atom is -0.309 e. The molecule has 72 valence electrons. The Bertz CT molecular complexity index is 270. The molecule has 1 aromatic heterocycles. The van der Waals surface area contributed by atoms with Crippen molar-refractivity contribution in [2.75, 3.05) is 20.6 Å². The van der Waals surface area contributed by atoms with Gasteiger partial charge in [-0.05, 0) is 14.1 Å². The van der Waals surface area contributed by atoms with Crippen LogP contribution in [0.15, 0.2) is 5.38 Å². The summed E-state index contributed by atoms with van der Waals surface area (Å²) in [5.74, 6) is 0. The molecule has 0 bridgehead atoms. The Morgan fingerprint density at radius 3 is 3.00 bits per heavy atom. The van der Waals surface area contributed by atoms with Crippen molar-refractivity contribution < 1.29 is 4.79 Å². The summed E-state index contributed by atoms with van der Waals surface area (Å²) in [4.78, 5) is 16.7. The van der Waals surface area contributed by atoms with Crippen LogP contribution in [0.2, 0.25) is 0 Å². The zero-order valence-corrected chi connectivity index (χ0v) is 8.80. The highest BCUT2D eigenvalue weighted by molar-refractivity contribution is 7.09. The Balaban J connectivity index is 2.44. The lowest BCUT2D eigenvalue weighted by Crippen LogP contribution is -2.14. The van der Waals surface area contributed by atoms with Gasteiger partial charge < -0.3 is 9.69 Å². The predicted molar refractivity (Wildman–Crippen MR) is 54.1 cm³/mol. The van der Waals surface area contributed by atoms with Crippen molar-refractivity contribution in [1.29, 1.82) is 0 Å². The molecule has 1 rings (SSSR count). The van der Waals surface area contributed by atoms with Crippen LogP contribution in [0.25, 0.3) is 0 Å². The van der Waals surface area contributed by atoms with Gasteiger partial charge in [0, 0.05) is 24.8 Å². The number of carbonyl (C=O) groups is 1. The van der Waals surface area contributed by atoms with Crippen LogP contribution < -0.4 is 0 Å². The van der Waals surface area contributed by atoms with E-state index in [9.17, 15) is 4.79 Å².